The Bertz CT molecular complexity index is 760. The third-order valence-electron chi connectivity index (χ3n) is 4.75. The van der Waals surface area contributed by atoms with Crippen LogP contribution < -0.4 is 15.4 Å². The molecule has 1 atom stereocenters. The van der Waals surface area contributed by atoms with Gasteiger partial charge in [0.25, 0.3) is 5.69 Å². The molecule has 0 spiro atoms. The Morgan fingerprint density at radius 2 is 1.88 bits per heavy atom. The zero-order valence-corrected chi connectivity index (χ0v) is 14.9. The van der Waals surface area contributed by atoms with Crippen molar-refractivity contribution in [1.82, 2.24) is 4.90 Å². The minimum atomic E-state index is -0.386. The molecule has 1 saturated heterocycles. The topological polar surface area (TPSA) is 84.9 Å². The number of nitrogens with two attached hydrogens (primary N) is 1. The van der Waals surface area contributed by atoms with Crippen LogP contribution >= 0.6 is 0 Å². The Labute approximate surface area is 153 Å². The van der Waals surface area contributed by atoms with Crippen molar-refractivity contribution in [3.8, 4) is 5.75 Å². The van der Waals surface area contributed by atoms with E-state index in [1.807, 2.05) is 24.3 Å². The lowest BCUT2D eigenvalue weighted by Crippen LogP contribution is -2.48. The van der Waals surface area contributed by atoms with Gasteiger partial charge < -0.3 is 15.4 Å². The van der Waals surface area contributed by atoms with E-state index in [9.17, 15) is 10.1 Å². The van der Waals surface area contributed by atoms with Crippen LogP contribution in [0.15, 0.2) is 48.5 Å². The third-order valence-corrected chi connectivity index (χ3v) is 4.75. The predicted molar refractivity (Wildman–Crippen MR) is 102 cm³/mol. The van der Waals surface area contributed by atoms with E-state index in [1.54, 1.807) is 19.2 Å². The van der Waals surface area contributed by atoms with E-state index in [4.69, 9.17) is 10.5 Å². The van der Waals surface area contributed by atoms with Gasteiger partial charge in [-0.25, -0.2) is 0 Å². The molecule has 2 aromatic carbocycles. The highest BCUT2D eigenvalue weighted by Gasteiger charge is 2.20. The molecule has 1 fully saturated rings. The summed E-state index contributed by atoms with van der Waals surface area (Å²) in [6.45, 7) is 4.32. The Morgan fingerprint density at radius 1 is 1.15 bits per heavy atom. The van der Waals surface area contributed by atoms with E-state index in [-0.39, 0.29) is 16.7 Å². The van der Waals surface area contributed by atoms with E-state index in [1.165, 1.54) is 6.07 Å². The highest BCUT2D eigenvalue weighted by molar-refractivity contribution is 5.51. The van der Waals surface area contributed by atoms with Gasteiger partial charge in [-0.3, -0.25) is 15.0 Å². The zero-order chi connectivity index (χ0) is 18.5. The first-order chi connectivity index (χ1) is 12.6. The summed E-state index contributed by atoms with van der Waals surface area (Å²) in [6.07, 6.45) is 0. The van der Waals surface area contributed by atoms with Crippen molar-refractivity contribution in [2.24, 2.45) is 5.73 Å². The van der Waals surface area contributed by atoms with E-state index in [0.29, 0.717) is 6.54 Å². The molecule has 0 bridgehead atoms. The van der Waals surface area contributed by atoms with Crippen LogP contribution in [0.1, 0.15) is 11.6 Å². The van der Waals surface area contributed by atoms with E-state index in [0.717, 1.165) is 43.2 Å². The molecule has 0 saturated carbocycles. The molecule has 0 aromatic heterocycles. The first-order valence-corrected chi connectivity index (χ1v) is 8.68. The van der Waals surface area contributed by atoms with Crippen molar-refractivity contribution in [3.63, 3.8) is 0 Å². The minimum absolute atomic E-state index is 0.0841. The second-order valence-corrected chi connectivity index (χ2v) is 6.45. The minimum Gasteiger partial charge on any atom is -0.497 e. The number of hydrogen-bond acceptors (Lipinski definition) is 6. The fourth-order valence-electron chi connectivity index (χ4n) is 3.25. The van der Waals surface area contributed by atoms with E-state index >= 15 is 0 Å². The summed E-state index contributed by atoms with van der Waals surface area (Å²) in [7, 11) is 1.67. The Hall–Kier alpha value is -2.64. The van der Waals surface area contributed by atoms with Gasteiger partial charge in [-0.2, -0.15) is 0 Å². The molecular formula is C19H24N4O3. The Kier molecular flexibility index (Phi) is 5.70. The fraction of sp³-hybridized carbons (Fsp3) is 0.368. The molecule has 3 rings (SSSR count). The average molecular weight is 356 g/mol. The highest BCUT2D eigenvalue weighted by atomic mass is 16.6. The summed E-state index contributed by atoms with van der Waals surface area (Å²) in [6, 6.07) is 14.4. The lowest BCUT2D eigenvalue weighted by atomic mass is 10.1. The van der Waals surface area contributed by atoms with Crippen LogP contribution in [0.5, 0.6) is 5.75 Å². The second kappa shape index (κ2) is 8.16. The molecule has 1 unspecified atom stereocenters. The maximum absolute atomic E-state index is 10.9. The van der Waals surface area contributed by atoms with Gasteiger partial charge in [0.1, 0.15) is 5.75 Å². The number of nitro groups is 1. The molecule has 1 heterocycles. The van der Waals surface area contributed by atoms with Crippen molar-refractivity contribution in [1.29, 1.82) is 0 Å². The number of benzene rings is 2. The summed E-state index contributed by atoms with van der Waals surface area (Å²) in [5.74, 6) is 0.859. The molecule has 0 aliphatic carbocycles. The van der Waals surface area contributed by atoms with Crippen molar-refractivity contribution in [2.45, 2.75) is 6.04 Å². The van der Waals surface area contributed by atoms with Crippen molar-refractivity contribution >= 4 is 11.4 Å². The van der Waals surface area contributed by atoms with Crippen molar-refractivity contribution < 1.29 is 9.66 Å². The summed E-state index contributed by atoms with van der Waals surface area (Å²) >= 11 is 0. The molecule has 1 aliphatic rings. The van der Waals surface area contributed by atoms with Gasteiger partial charge >= 0.3 is 0 Å². The molecule has 0 radical (unpaired) electrons. The molecule has 26 heavy (non-hydrogen) atoms. The SMILES string of the molecule is COc1cccc(N2CCN(CC(N)c3cccc([N+](=O)[O-])c3)CC2)c1. The molecule has 2 aromatic rings. The van der Waals surface area contributed by atoms with Gasteiger partial charge in [-0.1, -0.05) is 18.2 Å². The lowest BCUT2D eigenvalue weighted by Gasteiger charge is -2.37. The smallest absolute Gasteiger partial charge is 0.269 e. The summed E-state index contributed by atoms with van der Waals surface area (Å²) in [5, 5.41) is 10.9. The van der Waals surface area contributed by atoms with E-state index < -0.39 is 0 Å². The number of rotatable bonds is 6. The van der Waals surface area contributed by atoms with Gasteiger partial charge in [0, 0.05) is 62.7 Å². The number of anilines is 1. The van der Waals surface area contributed by atoms with Crippen LogP contribution in [0.4, 0.5) is 11.4 Å². The summed E-state index contributed by atoms with van der Waals surface area (Å²) in [5.41, 5.74) is 8.33. The summed E-state index contributed by atoms with van der Waals surface area (Å²) in [4.78, 5) is 15.2. The lowest BCUT2D eigenvalue weighted by molar-refractivity contribution is -0.384. The van der Waals surface area contributed by atoms with Crippen LogP contribution in [-0.2, 0) is 0 Å². The number of piperazine rings is 1. The maximum atomic E-state index is 10.9. The molecule has 7 heteroatoms. The third kappa shape index (κ3) is 4.30. The second-order valence-electron chi connectivity index (χ2n) is 6.45. The van der Waals surface area contributed by atoms with Crippen LogP contribution in [0.2, 0.25) is 0 Å². The fourth-order valence-corrected chi connectivity index (χ4v) is 3.25. The molecular weight excluding hydrogens is 332 g/mol. The van der Waals surface area contributed by atoms with Crippen LogP contribution in [0.25, 0.3) is 0 Å². The van der Waals surface area contributed by atoms with Gasteiger partial charge in [0.05, 0.1) is 12.0 Å². The molecule has 2 N–H and O–H groups in total. The average Bonchev–Trinajstić information content (AvgIpc) is 2.68. The number of hydrogen-bond donors (Lipinski definition) is 1. The maximum Gasteiger partial charge on any atom is 0.269 e. The predicted octanol–water partition coefficient (Wildman–Crippen LogP) is 2.43. The molecule has 1 aliphatic heterocycles. The quantitative estimate of drug-likeness (QED) is 0.632. The largest absolute Gasteiger partial charge is 0.497 e. The highest BCUT2D eigenvalue weighted by Crippen LogP contribution is 2.23. The molecule has 7 nitrogen and oxygen atoms in total. The standard InChI is InChI=1S/C19H24N4O3/c1-26-18-7-3-5-16(13-18)22-10-8-21(9-11-22)14-19(20)15-4-2-6-17(12-15)23(24)25/h2-7,12-13,19H,8-11,14,20H2,1H3. The number of methoxy groups -OCH3 is 1. The molecule has 138 valence electrons. The Balaban J connectivity index is 1.56. The number of nitro benzene ring substituents is 1. The molecule has 0 amide bonds. The Morgan fingerprint density at radius 3 is 2.58 bits per heavy atom. The first kappa shape index (κ1) is 18.2. The van der Waals surface area contributed by atoms with Crippen LogP contribution in [-0.4, -0.2) is 49.7 Å². The van der Waals surface area contributed by atoms with Gasteiger partial charge in [0.2, 0.25) is 0 Å². The van der Waals surface area contributed by atoms with Crippen LogP contribution in [0.3, 0.4) is 0 Å². The first-order valence-electron chi connectivity index (χ1n) is 8.68. The normalized spacial score (nSPS) is 16.3. The van der Waals surface area contributed by atoms with Gasteiger partial charge in [-0.15, -0.1) is 0 Å². The van der Waals surface area contributed by atoms with Crippen molar-refractivity contribution in [3.05, 3.63) is 64.2 Å². The van der Waals surface area contributed by atoms with Crippen molar-refractivity contribution in [2.75, 3.05) is 44.7 Å². The number of nitrogens with zero attached hydrogens (tertiary/aromatic N) is 3. The number of non-ortho nitro benzene ring substituents is 1. The van der Waals surface area contributed by atoms with Gasteiger partial charge in [0.15, 0.2) is 0 Å². The van der Waals surface area contributed by atoms with Gasteiger partial charge in [-0.05, 0) is 17.7 Å². The monoisotopic (exact) mass is 356 g/mol. The zero-order valence-electron chi connectivity index (χ0n) is 14.9. The van der Waals surface area contributed by atoms with Crippen LogP contribution in [0, 0.1) is 10.1 Å². The van der Waals surface area contributed by atoms with E-state index in [2.05, 4.69) is 15.9 Å². The summed E-state index contributed by atoms with van der Waals surface area (Å²) < 4.78 is 5.29. The number of ether oxygens (including phenoxy) is 1.